The largest absolute Gasteiger partial charge is 0.391 e. The molecule has 2 aliphatic heterocycles. The number of β-amino-alcohol motifs (C(OH)–C–C–N with tert-alkyl or cyclic N) is 1. The average molecular weight is 562 g/mol. The fourth-order valence-corrected chi connectivity index (χ4v) is 6.41. The van der Waals surface area contributed by atoms with Crippen LogP contribution in [0.25, 0.3) is 10.4 Å². The smallest absolute Gasteiger partial charge is 0.255 e. The van der Waals surface area contributed by atoms with Gasteiger partial charge < -0.3 is 14.9 Å². The molecule has 1 fully saturated rings. The number of amidine groups is 1. The number of aliphatic imine (C=N–C) groups is 1. The van der Waals surface area contributed by atoms with E-state index in [2.05, 4.69) is 22.6 Å². The average Bonchev–Trinajstić information content (AvgIpc) is 3.64. The number of aromatic nitrogens is 1. The molecule has 1 aromatic heterocycles. The molecule has 3 aromatic rings. The quantitative estimate of drug-likeness (QED) is 0.246. The van der Waals surface area contributed by atoms with Gasteiger partial charge >= 0.3 is 0 Å². The van der Waals surface area contributed by atoms with Crippen molar-refractivity contribution in [3.05, 3.63) is 76.4 Å². The Morgan fingerprint density at radius 1 is 1.23 bits per heavy atom. The minimum Gasteiger partial charge on any atom is -0.391 e. The van der Waals surface area contributed by atoms with Crippen LogP contribution in [0.4, 0.5) is 0 Å². The van der Waals surface area contributed by atoms with E-state index >= 15 is 0 Å². The summed E-state index contributed by atoms with van der Waals surface area (Å²) in [4.78, 5) is 46.1. The van der Waals surface area contributed by atoms with Crippen molar-refractivity contribution >= 4 is 29.0 Å². The predicted molar refractivity (Wildman–Crippen MR) is 155 cm³/mol. The van der Waals surface area contributed by atoms with Gasteiger partial charge in [0.25, 0.3) is 5.91 Å². The molecule has 0 aliphatic carbocycles. The third-order valence-electron chi connectivity index (χ3n) is 7.55. The van der Waals surface area contributed by atoms with Gasteiger partial charge in [-0.25, -0.2) is 4.98 Å². The number of fused-ring (bicyclic) bond motifs is 1. The van der Waals surface area contributed by atoms with Crippen molar-refractivity contribution in [2.45, 2.75) is 58.5 Å². The lowest BCUT2D eigenvalue weighted by molar-refractivity contribution is -0.138. The summed E-state index contributed by atoms with van der Waals surface area (Å²) < 4.78 is 0. The van der Waals surface area contributed by atoms with Gasteiger partial charge in [-0.15, -0.1) is 11.3 Å². The van der Waals surface area contributed by atoms with E-state index in [1.165, 1.54) is 7.11 Å². The monoisotopic (exact) mass is 561 g/mol. The maximum Gasteiger partial charge on any atom is 0.255 e. The number of nitrogens with zero attached hydrogens (tertiary/aromatic N) is 4. The van der Waals surface area contributed by atoms with E-state index < -0.39 is 18.2 Å². The fourth-order valence-electron chi connectivity index (χ4n) is 5.59. The predicted octanol–water partition coefficient (Wildman–Crippen LogP) is 3.81. The van der Waals surface area contributed by atoms with E-state index in [1.54, 1.807) is 27.2 Å². The summed E-state index contributed by atoms with van der Waals surface area (Å²) in [6.45, 7) is 6.81. The number of aliphatic hydroxyl groups is 1. The maximum atomic E-state index is 14.1. The Labute approximate surface area is 238 Å². The lowest BCUT2D eigenvalue weighted by atomic mass is 10.0. The van der Waals surface area contributed by atoms with Crippen molar-refractivity contribution in [3.63, 3.8) is 0 Å². The van der Waals surface area contributed by atoms with Crippen LogP contribution in [0.15, 0.2) is 59.0 Å². The van der Waals surface area contributed by atoms with Crippen LogP contribution in [-0.4, -0.2) is 69.4 Å². The summed E-state index contributed by atoms with van der Waals surface area (Å²) in [5.74, 6) is 0.00126. The van der Waals surface area contributed by atoms with Gasteiger partial charge in [0.15, 0.2) is 0 Å². The molecule has 0 radical (unpaired) electrons. The highest BCUT2D eigenvalue weighted by Crippen LogP contribution is 2.31. The van der Waals surface area contributed by atoms with Gasteiger partial charge in [-0.05, 0) is 35.6 Å². The number of hydrogen-bond donors (Lipinski definition) is 2. The minimum atomic E-state index is -0.709. The number of hydroxylamine groups is 1. The van der Waals surface area contributed by atoms with Gasteiger partial charge in [0.1, 0.15) is 11.9 Å². The number of carbonyl (C=O) groups is 2. The van der Waals surface area contributed by atoms with Crippen LogP contribution in [0.5, 0.6) is 0 Å². The van der Waals surface area contributed by atoms with Crippen LogP contribution in [-0.2, 0) is 22.7 Å². The summed E-state index contributed by atoms with van der Waals surface area (Å²) in [6, 6.07) is 14.5. The molecule has 2 amide bonds. The number of thiazole rings is 1. The van der Waals surface area contributed by atoms with Gasteiger partial charge in [0.05, 0.1) is 41.9 Å². The summed E-state index contributed by atoms with van der Waals surface area (Å²) >= 11 is 1.61. The van der Waals surface area contributed by atoms with E-state index in [-0.39, 0.29) is 24.3 Å². The van der Waals surface area contributed by atoms with Crippen molar-refractivity contribution in [2.24, 2.45) is 10.9 Å². The first-order valence-electron chi connectivity index (χ1n) is 13.5. The Bertz CT molecular complexity index is 1400. The fraction of sp³-hybridized carbons (Fsp3) is 0.400. The van der Waals surface area contributed by atoms with Crippen molar-refractivity contribution in [2.75, 3.05) is 13.7 Å². The molecule has 2 N–H and O–H groups in total. The molecule has 5 rings (SSSR count). The van der Waals surface area contributed by atoms with Crippen LogP contribution < -0.4 is 5.48 Å². The molecule has 9 nitrogen and oxygen atoms in total. The number of amides is 2. The van der Waals surface area contributed by atoms with Crippen LogP contribution in [0, 0.1) is 12.8 Å². The number of carbonyl (C=O) groups excluding carboxylic acids is 2. The molecule has 1 saturated heterocycles. The number of nitrogens with one attached hydrogen (secondary N) is 1. The zero-order valence-electron chi connectivity index (χ0n) is 23.2. The summed E-state index contributed by atoms with van der Waals surface area (Å²) in [5.41, 5.74) is 9.37. The van der Waals surface area contributed by atoms with Crippen molar-refractivity contribution < 1.29 is 19.5 Å². The first-order chi connectivity index (χ1) is 19.3. The SMILES string of the molecule is CONC(=NCc1ccc(-c2scnc2C)cc1)[C@@H]1C[C@@H](O)CN1C(=O)C(C(C)C)N1Cc2ccccc2C1=O. The van der Waals surface area contributed by atoms with E-state index in [1.807, 2.05) is 56.6 Å². The van der Waals surface area contributed by atoms with E-state index in [0.29, 0.717) is 30.9 Å². The molecule has 3 heterocycles. The molecular formula is C30H35N5O4S. The first kappa shape index (κ1) is 27.9. The summed E-state index contributed by atoms with van der Waals surface area (Å²) in [5, 5.41) is 10.6. The highest BCUT2D eigenvalue weighted by atomic mass is 32.1. The number of aliphatic hydroxyl groups excluding tert-OH is 1. The Kier molecular flexibility index (Phi) is 8.30. The van der Waals surface area contributed by atoms with Crippen LogP contribution in [0.2, 0.25) is 0 Å². The number of hydrogen-bond acceptors (Lipinski definition) is 7. The van der Waals surface area contributed by atoms with Gasteiger partial charge in [-0.2, -0.15) is 0 Å². The van der Waals surface area contributed by atoms with Gasteiger partial charge in [0.2, 0.25) is 5.91 Å². The molecule has 0 bridgehead atoms. The topological polar surface area (TPSA) is 107 Å². The van der Waals surface area contributed by atoms with Crippen molar-refractivity contribution in [3.8, 4) is 10.4 Å². The molecule has 0 saturated carbocycles. The highest BCUT2D eigenvalue weighted by molar-refractivity contribution is 7.13. The van der Waals surface area contributed by atoms with E-state index in [0.717, 1.165) is 27.3 Å². The number of benzene rings is 2. The molecule has 3 atom stereocenters. The second kappa shape index (κ2) is 11.9. The Balaban J connectivity index is 1.36. The normalized spacial score (nSPS) is 19.9. The van der Waals surface area contributed by atoms with E-state index in [4.69, 9.17) is 9.83 Å². The molecule has 2 aliphatic rings. The molecule has 10 heteroatoms. The van der Waals surface area contributed by atoms with Crippen molar-refractivity contribution in [1.82, 2.24) is 20.3 Å². The van der Waals surface area contributed by atoms with E-state index in [9.17, 15) is 14.7 Å². The van der Waals surface area contributed by atoms with Crippen LogP contribution >= 0.6 is 11.3 Å². The van der Waals surface area contributed by atoms with Crippen LogP contribution in [0.1, 0.15) is 47.4 Å². The molecule has 1 unspecified atom stereocenters. The molecule has 2 aromatic carbocycles. The maximum absolute atomic E-state index is 14.1. The molecule has 210 valence electrons. The van der Waals surface area contributed by atoms with Gasteiger partial charge in [0, 0.05) is 25.1 Å². The first-order valence-corrected chi connectivity index (χ1v) is 14.4. The third-order valence-corrected chi connectivity index (χ3v) is 8.53. The summed E-state index contributed by atoms with van der Waals surface area (Å²) in [7, 11) is 1.50. The molecular weight excluding hydrogens is 526 g/mol. The summed E-state index contributed by atoms with van der Waals surface area (Å²) in [6.07, 6.45) is -0.386. The Morgan fingerprint density at radius 3 is 2.62 bits per heavy atom. The Morgan fingerprint density at radius 2 is 1.98 bits per heavy atom. The second-order valence-corrected chi connectivity index (χ2v) is 11.5. The van der Waals surface area contributed by atoms with Crippen LogP contribution in [0.3, 0.4) is 0 Å². The third kappa shape index (κ3) is 5.52. The minimum absolute atomic E-state index is 0.124. The lowest BCUT2D eigenvalue weighted by Gasteiger charge is -2.35. The van der Waals surface area contributed by atoms with Crippen molar-refractivity contribution in [1.29, 1.82) is 0 Å². The van der Waals surface area contributed by atoms with Gasteiger partial charge in [-0.3, -0.25) is 24.9 Å². The highest BCUT2D eigenvalue weighted by Gasteiger charge is 2.45. The zero-order valence-corrected chi connectivity index (χ0v) is 24.0. The Hall–Kier alpha value is -3.60. The molecule has 40 heavy (non-hydrogen) atoms. The standard InChI is InChI=1S/C30H35N5O4S/c1-18(2)26(35-15-22-7-5-6-8-24(22)29(35)37)30(38)34-16-23(36)13-25(34)28(33-39-4)31-14-20-9-11-21(12-10-20)27-19(3)32-17-40-27/h5-12,17-18,23,25-26,36H,13-16H2,1-4H3,(H,31,33)/t23-,25+,26?/m1/s1. The second-order valence-electron chi connectivity index (χ2n) is 10.6. The number of aryl methyl sites for hydroxylation is 1. The lowest BCUT2D eigenvalue weighted by Crippen LogP contribution is -2.55. The number of likely N-dealkylation sites (tertiary alicyclic amines) is 1. The molecule has 0 spiro atoms. The zero-order chi connectivity index (χ0) is 28.4. The number of rotatable bonds is 8. The van der Waals surface area contributed by atoms with Gasteiger partial charge in [-0.1, -0.05) is 56.3 Å².